The summed E-state index contributed by atoms with van der Waals surface area (Å²) in [6.45, 7) is 32.0. The molecule has 0 aliphatic carbocycles. The van der Waals surface area contributed by atoms with Crippen molar-refractivity contribution in [3.05, 3.63) is 48.1 Å². The fraction of sp³-hybridized carbons (Fsp3) is 0.762. The minimum atomic E-state index is -2.18. The van der Waals surface area contributed by atoms with Crippen LogP contribution in [0.3, 0.4) is 0 Å². The summed E-state index contributed by atoms with van der Waals surface area (Å²) in [4.78, 5) is 0. The molecule has 290 valence electrons. The zero-order chi connectivity index (χ0) is 38.2. The molecule has 2 N–H and O–H groups in total. The Morgan fingerprint density at radius 1 is 1.02 bits per heavy atom. The van der Waals surface area contributed by atoms with Crippen LogP contribution in [0.1, 0.15) is 100 Å². The lowest BCUT2D eigenvalue weighted by Crippen LogP contribution is -2.47. The highest BCUT2D eigenvalue weighted by molar-refractivity contribution is 6.74. The van der Waals surface area contributed by atoms with E-state index >= 15 is 0 Å². The van der Waals surface area contributed by atoms with Crippen molar-refractivity contribution in [3.63, 3.8) is 0 Å². The van der Waals surface area contributed by atoms with Crippen molar-refractivity contribution in [2.24, 2.45) is 5.92 Å². The van der Waals surface area contributed by atoms with Crippen LogP contribution in [0, 0.1) is 17.8 Å². The molecule has 3 aliphatic rings. The highest BCUT2D eigenvalue weighted by Crippen LogP contribution is 2.43. The molecule has 7 nitrogen and oxygen atoms in total. The third kappa shape index (κ3) is 14.1. The summed E-state index contributed by atoms with van der Waals surface area (Å²) in [5.74, 6) is 6.11. The van der Waals surface area contributed by atoms with Gasteiger partial charge < -0.3 is 33.3 Å². The lowest BCUT2D eigenvalue weighted by atomic mass is 9.91. The van der Waals surface area contributed by atoms with Crippen molar-refractivity contribution in [2.75, 3.05) is 13.2 Å². The third-order valence-electron chi connectivity index (χ3n) is 11.5. The molecule has 0 radical (unpaired) electrons. The largest absolute Gasteiger partial charge is 0.411 e. The standard InChI is InChI=1S/C42H72O7Si2/c1-30-22-24-45-34(26-30)20-21-37(48-50(10,11)41(4,5)6)36(44)29-38-40(47-38)39(49-51(12,13)42(7,8)9)28-32(3)25-31(2)27-35-19-16-18-33(46-35)17-14-15-23-43/h16,18,20-22,31,33-40,43-44H,3,17,19,23-29H2,1-2,4-13H3/b21-20+/t31-,33+,34+,35-,36-,37-,38-,39-,40+/m0/s1. The van der Waals surface area contributed by atoms with Crippen LogP contribution in [0.25, 0.3) is 0 Å². The van der Waals surface area contributed by atoms with Gasteiger partial charge in [-0.2, -0.15) is 0 Å². The number of aliphatic hydroxyl groups is 2. The van der Waals surface area contributed by atoms with Crippen molar-refractivity contribution >= 4 is 16.6 Å². The van der Waals surface area contributed by atoms with Crippen LogP contribution in [0.15, 0.2) is 48.1 Å². The number of aliphatic hydroxyl groups excluding tert-OH is 2. The molecule has 1 fully saturated rings. The minimum Gasteiger partial charge on any atom is -0.411 e. The molecule has 3 rings (SSSR count). The Bertz CT molecular complexity index is 1280. The Hall–Kier alpha value is -1.33. The van der Waals surface area contributed by atoms with Crippen molar-refractivity contribution in [3.8, 4) is 11.8 Å². The Balaban J connectivity index is 1.68. The van der Waals surface area contributed by atoms with Gasteiger partial charge in [0, 0.05) is 12.8 Å². The van der Waals surface area contributed by atoms with Crippen LogP contribution in [0.4, 0.5) is 0 Å². The molecule has 3 aliphatic heterocycles. The minimum absolute atomic E-state index is 0.00814. The lowest BCUT2D eigenvalue weighted by Gasteiger charge is -2.40. The predicted octanol–water partition coefficient (Wildman–Crippen LogP) is 9.04. The van der Waals surface area contributed by atoms with Crippen LogP contribution in [0.2, 0.25) is 36.3 Å². The van der Waals surface area contributed by atoms with E-state index < -0.39 is 28.8 Å². The van der Waals surface area contributed by atoms with Crippen molar-refractivity contribution in [1.29, 1.82) is 0 Å². The molecule has 0 aromatic carbocycles. The number of ether oxygens (including phenoxy) is 3. The highest BCUT2D eigenvalue weighted by atomic mass is 28.4. The molecule has 1 saturated heterocycles. The summed E-state index contributed by atoms with van der Waals surface area (Å²) in [7, 11) is -4.30. The van der Waals surface area contributed by atoms with Gasteiger partial charge in [0.2, 0.25) is 0 Å². The second kappa shape index (κ2) is 18.8. The van der Waals surface area contributed by atoms with Gasteiger partial charge in [-0.3, -0.25) is 0 Å². The normalized spacial score (nSPS) is 26.9. The smallest absolute Gasteiger partial charge is 0.193 e. The first-order valence-corrected chi connectivity index (χ1v) is 25.1. The maximum Gasteiger partial charge on any atom is 0.193 e. The third-order valence-corrected chi connectivity index (χ3v) is 20.5. The fourth-order valence-corrected chi connectivity index (χ4v) is 8.94. The van der Waals surface area contributed by atoms with Gasteiger partial charge in [-0.25, -0.2) is 0 Å². The van der Waals surface area contributed by atoms with E-state index in [0.717, 1.165) is 37.7 Å². The Kier molecular flexibility index (Phi) is 16.3. The lowest BCUT2D eigenvalue weighted by molar-refractivity contribution is -0.00339. The second-order valence-electron chi connectivity index (χ2n) is 18.4. The maximum absolute atomic E-state index is 11.8. The molecule has 0 spiro atoms. The quantitative estimate of drug-likeness (QED) is 0.0665. The highest BCUT2D eigenvalue weighted by Gasteiger charge is 2.51. The summed E-state index contributed by atoms with van der Waals surface area (Å²) in [5, 5.41) is 20.8. The SMILES string of the molecule is C=C(C[C@H](C)C[C@@H]1CC=C[C@@H](CC#CCO)O1)C[C@H](O[Si](C)(C)C(C)(C)C)[C@@H]1O[C@H]1C[C@H](O)[C@H](/C=C/[C@@H]1CC(C)=CCO1)O[Si](C)(C)C(C)(C)C. The summed E-state index contributed by atoms with van der Waals surface area (Å²) < 4.78 is 32.6. The Morgan fingerprint density at radius 2 is 1.69 bits per heavy atom. The van der Waals surface area contributed by atoms with E-state index in [-0.39, 0.29) is 53.3 Å². The van der Waals surface area contributed by atoms with Gasteiger partial charge in [0.15, 0.2) is 16.6 Å². The number of rotatable bonds is 17. The van der Waals surface area contributed by atoms with Gasteiger partial charge in [-0.1, -0.05) is 108 Å². The van der Waals surface area contributed by atoms with Crippen LogP contribution in [0.5, 0.6) is 0 Å². The molecule has 0 amide bonds. The molecule has 0 aromatic heterocycles. The average Bonchev–Trinajstić information content (AvgIpc) is 3.77. The summed E-state index contributed by atoms with van der Waals surface area (Å²) in [6.07, 6.45) is 14.6. The second-order valence-corrected chi connectivity index (χ2v) is 27.9. The van der Waals surface area contributed by atoms with Gasteiger partial charge in [0.25, 0.3) is 0 Å². The predicted molar refractivity (Wildman–Crippen MR) is 215 cm³/mol. The molecule has 0 bridgehead atoms. The molecular weight excluding hydrogens is 673 g/mol. The van der Waals surface area contributed by atoms with E-state index in [1.165, 1.54) is 5.57 Å². The van der Waals surface area contributed by atoms with Crippen LogP contribution < -0.4 is 0 Å². The monoisotopic (exact) mass is 744 g/mol. The van der Waals surface area contributed by atoms with E-state index in [1.807, 2.05) is 6.08 Å². The first kappa shape index (κ1) is 44.1. The van der Waals surface area contributed by atoms with E-state index in [2.05, 4.69) is 124 Å². The Labute approximate surface area is 313 Å². The van der Waals surface area contributed by atoms with Gasteiger partial charge in [0.05, 0.1) is 49.3 Å². The topological polar surface area (TPSA) is 89.9 Å². The van der Waals surface area contributed by atoms with Crippen molar-refractivity contribution < 1.29 is 33.3 Å². The first-order valence-electron chi connectivity index (χ1n) is 19.3. The summed E-state index contributed by atoms with van der Waals surface area (Å²) >= 11 is 0. The molecule has 51 heavy (non-hydrogen) atoms. The average molecular weight is 745 g/mol. The Morgan fingerprint density at radius 3 is 2.31 bits per heavy atom. The van der Waals surface area contributed by atoms with Gasteiger partial charge >= 0.3 is 0 Å². The molecule has 0 saturated carbocycles. The number of hydrogen-bond acceptors (Lipinski definition) is 7. The van der Waals surface area contributed by atoms with Gasteiger partial charge in [-0.15, -0.1) is 0 Å². The summed E-state index contributed by atoms with van der Waals surface area (Å²) in [6, 6.07) is 0. The maximum atomic E-state index is 11.8. The molecule has 0 aromatic rings. The molecule has 9 atom stereocenters. The molecule has 3 heterocycles. The van der Waals surface area contributed by atoms with E-state index in [4.69, 9.17) is 28.2 Å². The van der Waals surface area contributed by atoms with Crippen molar-refractivity contribution in [1.82, 2.24) is 0 Å². The van der Waals surface area contributed by atoms with Crippen LogP contribution in [-0.4, -0.2) is 88.9 Å². The fourth-order valence-electron chi connectivity index (χ4n) is 6.34. The van der Waals surface area contributed by atoms with Gasteiger partial charge in [-0.05, 0) is 81.2 Å². The molecule has 9 heteroatoms. The van der Waals surface area contributed by atoms with E-state index in [0.29, 0.717) is 25.4 Å². The summed E-state index contributed by atoms with van der Waals surface area (Å²) in [5.41, 5.74) is 2.49. The zero-order valence-corrected chi connectivity index (χ0v) is 36.1. The zero-order valence-electron chi connectivity index (χ0n) is 34.1. The first-order chi connectivity index (χ1) is 23.6. The number of epoxide rings is 1. The molecular formula is C42H72O7Si2. The van der Waals surface area contributed by atoms with Crippen LogP contribution >= 0.6 is 0 Å². The number of hydrogen-bond donors (Lipinski definition) is 2. The van der Waals surface area contributed by atoms with E-state index in [1.54, 1.807) is 0 Å². The van der Waals surface area contributed by atoms with E-state index in [9.17, 15) is 5.11 Å². The van der Waals surface area contributed by atoms with Gasteiger partial charge in [0.1, 0.15) is 12.7 Å². The van der Waals surface area contributed by atoms with Crippen LogP contribution in [-0.2, 0) is 23.1 Å². The van der Waals surface area contributed by atoms with Crippen molar-refractivity contribution in [2.45, 2.75) is 185 Å². The molecule has 0 unspecified atom stereocenters.